The van der Waals surface area contributed by atoms with Crippen molar-refractivity contribution in [2.24, 2.45) is 5.92 Å². The van der Waals surface area contributed by atoms with E-state index in [1.165, 1.54) is 5.56 Å². The number of likely N-dealkylation sites (tertiary alicyclic amines) is 1. The van der Waals surface area contributed by atoms with E-state index in [0.717, 1.165) is 57.9 Å². The number of piperazine rings is 1. The molecule has 2 saturated heterocycles. The standard InChI is InChI=1S/C19H29N3O2.ClH/c1-15(13-16-3-5-18(24-2)6-4-16)19(23)22-10-7-17(14-22)21-11-8-20-9-12-21;/h3-6,15,17,20H,7-14H2,1-2H3;1H. The number of nitrogens with zero attached hydrogens (tertiary/aromatic N) is 2. The maximum atomic E-state index is 12.8. The van der Waals surface area contributed by atoms with E-state index in [1.807, 2.05) is 19.1 Å². The summed E-state index contributed by atoms with van der Waals surface area (Å²) in [6.45, 7) is 8.19. The quantitative estimate of drug-likeness (QED) is 0.862. The molecule has 3 rings (SSSR count). The summed E-state index contributed by atoms with van der Waals surface area (Å²) < 4.78 is 5.19. The Kier molecular flexibility index (Phi) is 7.54. The van der Waals surface area contributed by atoms with Gasteiger partial charge in [-0.05, 0) is 30.5 Å². The number of carbonyl (C=O) groups excluding carboxylic acids is 1. The summed E-state index contributed by atoms with van der Waals surface area (Å²) in [7, 11) is 1.67. The Morgan fingerprint density at radius 3 is 2.56 bits per heavy atom. The van der Waals surface area contributed by atoms with Gasteiger partial charge in [-0.2, -0.15) is 0 Å². The van der Waals surface area contributed by atoms with Crippen molar-refractivity contribution in [2.45, 2.75) is 25.8 Å². The molecule has 2 fully saturated rings. The van der Waals surface area contributed by atoms with Crippen LogP contribution < -0.4 is 10.1 Å². The molecule has 1 amide bonds. The molecule has 2 aliphatic heterocycles. The normalized spacial score (nSPS) is 22.3. The van der Waals surface area contributed by atoms with E-state index >= 15 is 0 Å². The molecule has 0 bridgehead atoms. The van der Waals surface area contributed by atoms with Gasteiger partial charge in [-0.1, -0.05) is 19.1 Å². The predicted molar refractivity (Wildman–Crippen MR) is 103 cm³/mol. The summed E-state index contributed by atoms with van der Waals surface area (Å²) in [6.07, 6.45) is 1.90. The van der Waals surface area contributed by atoms with Gasteiger partial charge >= 0.3 is 0 Å². The zero-order valence-corrected chi connectivity index (χ0v) is 16.1. The molecular weight excluding hydrogens is 338 g/mol. The minimum Gasteiger partial charge on any atom is -0.497 e. The van der Waals surface area contributed by atoms with Crippen LogP contribution in [0.25, 0.3) is 0 Å². The van der Waals surface area contributed by atoms with E-state index < -0.39 is 0 Å². The van der Waals surface area contributed by atoms with E-state index in [2.05, 4.69) is 27.2 Å². The molecule has 0 radical (unpaired) electrons. The van der Waals surface area contributed by atoms with Gasteiger partial charge < -0.3 is 15.0 Å². The fourth-order valence-electron chi connectivity index (χ4n) is 3.80. The lowest BCUT2D eigenvalue weighted by Crippen LogP contribution is -2.49. The van der Waals surface area contributed by atoms with Crippen molar-refractivity contribution < 1.29 is 9.53 Å². The van der Waals surface area contributed by atoms with E-state index in [0.29, 0.717) is 11.9 Å². The summed E-state index contributed by atoms with van der Waals surface area (Å²) in [5.41, 5.74) is 1.19. The van der Waals surface area contributed by atoms with Crippen LogP contribution in [-0.4, -0.2) is 68.1 Å². The lowest BCUT2D eigenvalue weighted by molar-refractivity contribution is -0.134. The number of nitrogens with one attached hydrogen (secondary N) is 1. The molecule has 0 saturated carbocycles. The Hall–Kier alpha value is -1.30. The lowest BCUT2D eigenvalue weighted by atomic mass is 10.00. The monoisotopic (exact) mass is 367 g/mol. The van der Waals surface area contributed by atoms with Crippen LogP contribution in [-0.2, 0) is 11.2 Å². The van der Waals surface area contributed by atoms with Crippen LogP contribution in [0.15, 0.2) is 24.3 Å². The van der Waals surface area contributed by atoms with Crippen LogP contribution in [0.4, 0.5) is 0 Å². The Labute approximate surface area is 157 Å². The fraction of sp³-hybridized carbons (Fsp3) is 0.632. The molecule has 25 heavy (non-hydrogen) atoms. The summed E-state index contributed by atoms with van der Waals surface area (Å²) in [5, 5.41) is 3.39. The number of amides is 1. The number of ether oxygens (including phenoxy) is 1. The van der Waals surface area contributed by atoms with Gasteiger partial charge in [0.15, 0.2) is 0 Å². The third-order valence-corrected chi connectivity index (χ3v) is 5.27. The fourth-order valence-corrected chi connectivity index (χ4v) is 3.80. The van der Waals surface area contributed by atoms with E-state index in [1.54, 1.807) is 7.11 Å². The van der Waals surface area contributed by atoms with Crippen molar-refractivity contribution in [3.63, 3.8) is 0 Å². The molecule has 2 atom stereocenters. The van der Waals surface area contributed by atoms with Gasteiger partial charge in [0.25, 0.3) is 0 Å². The molecule has 1 aromatic rings. The first kappa shape index (κ1) is 20.0. The second kappa shape index (κ2) is 9.41. The highest BCUT2D eigenvalue weighted by molar-refractivity contribution is 5.85. The van der Waals surface area contributed by atoms with E-state index in [9.17, 15) is 4.79 Å². The van der Waals surface area contributed by atoms with Gasteiger partial charge in [0.1, 0.15) is 5.75 Å². The molecule has 2 aliphatic rings. The maximum absolute atomic E-state index is 12.8. The van der Waals surface area contributed by atoms with E-state index in [-0.39, 0.29) is 18.3 Å². The maximum Gasteiger partial charge on any atom is 0.225 e. The summed E-state index contributed by atoms with van der Waals surface area (Å²) >= 11 is 0. The smallest absolute Gasteiger partial charge is 0.225 e. The number of hydrogen-bond acceptors (Lipinski definition) is 4. The Morgan fingerprint density at radius 1 is 1.24 bits per heavy atom. The molecule has 0 aromatic heterocycles. The molecule has 6 heteroatoms. The van der Waals surface area contributed by atoms with Gasteiger partial charge in [0.05, 0.1) is 7.11 Å². The topological polar surface area (TPSA) is 44.8 Å². The van der Waals surface area contributed by atoms with Gasteiger partial charge in [-0.25, -0.2) is 0 Å². The number of benzene rings is 1. The SMILES string of the molecule is COc1ccc(CC(C)C(=O)N2CCC(N3CCNCC3)C2)cc1.Cl. The van der Waals surface area contributed by atoms with Crippen molar-refractivity contribution in [3.8, 4) is 5.75 Å². The lowest BCUT2D eigenvalue weighted by Gasteiger charge is -2.32. The van der Waals surface area contributed by atoms with Crippen molar-refractivity contribution in [1.29, 1.82) is 0 Å². The largest absolute Gasteiger partial charge is 0.497 e. The molecule has 2 unspecified atom stereocenters. The Morgan fingerprint density at radius 2 is 1.92 bits per heavy atom. The molecular formula is C19H30ClN3O2. The molecule has 1 aromatic carbocycles. The first-order valence-corrected chi connectivity index (χ1v) is 9.04. The molecule has 5 nitrogen and oxygen atoms in total. The van der Waals surface area contributed by atoms with Crippen LogP contribution in [0.3, 0.4) is 0 Å². The van der Waals surface area contributed by atoms with Crippen LogP contribution in [0, 0.1) is 5.92 Å². The minimum atomic E-state index is 0. The van der Waals surface area contributed by atoms with Crippen LogP contribution in [0.5, 0.6) is 5.75 Å². The second-order valence-corrected chi connectivity index (χ2v) is 6.97. The van der Waals surface area contributed by atoms with Crippen molar-refractivity contribution >= 4 is 18.3 Å². The second-order valence-electron chi connectivity index (χ2n) is 6.97. The Balaban J connectivity index is 0.00000225. The number of hydrogen-bond donors (Lipinski definition) is 1. The van der Waals surface area contributed by atoms with Gasteiger partial charge in [0, 0.05) is 51.2 Å². The van der Waals surface area contributed by atoms with Crippen molar-refractivity contribution in [2.75, 3.05) is 46.4 Å². The number of methoxy groups -OCH3 is 1. The van der Waals surface area contributed by atoms with Gasteiger partial charge in [0.2, 0.25) is 5.91 Å². The number of halogens is 1. The molecule has 140 valence electrons. The zero-order chi connectivity index (χ0) is 16.9. The third kappa shape index (κ3) is 5.09. The van der Waals surface area contributed by atoms with Crippen LogP contribution >= 0.6 is 12.4 Å². The first-order valence-electron chi connectivity index (χ1n) is 9.04. The molecule has 0 aliphatic carbocycles. The van der Waals surface area contributed by atoms with Gasteiger partial charge in [-0.15, -0.1) is 12.4 Å². The molecule has 2 heterocycles. The average molecular weight is 368 g/mol. The first-order chi connectivity index (χ1) is 11.7. The van der Waals surface area contributed by atoms with Crippen LogP contribution in [0.1, 0.15) is 18.9 Å². The van der Waals surface area contributed by atoms with Crippen molar-refractivity contribution in [1.82, 2.24) is 15.1 Å². The van der Waals surface area contributed by atoms with Gasteiger partial charge in [-0.3, -0.25) is 9.69 Å². The number of carbonyl (C=O) groups is 1. The number of rotatable bonds is 5. The summed E-state index contributed by atoms with van der Waals surface area (Å²) in [5.74, 6) is 1.18. The van der Waals surface area contributed by atoms with Crippen molar-refractivity contribution in [3.05, 3.63) is 29.8 Å². The minimum absolute atomic E-state index is 0. The predicted octanol–water partition coefficient (Wildman–Crippen LogP) is 1.80. The molecule has 1 N–H and O–H groups in total. The average Bonchev–Trinajstić information content (AvgIpc) is 3.12. The highest BCUT2D eigenvalue weighted by Gasteiger charge is 2.32. The third-order valence-electron chi connectivity index (χ3n) is 5.27. The highest BCUT2D eigenvalue weighted by atomic mass is 35.5. The van der Waals surface area contributed by atoms with Crippen LogP contribution in [0.2, 0.25) is 0 Å². The zero-order valence-electron chi connectivity index (χ0n) is 15.2. The molecule has 0 spiro atoms. The van der Waals surface area contributed by atoms with E-state index in [4.69, 9.17) is 4.74 Å². The summed E-state index contributed by atoms with van der Waals surface area (Å²) in [4.78, 5) is 17.4. The highest BCUT2D eigenvalue weighted by Crippen LogP contribution is 2.21. The Bertz CT molecular complexity index is 546. The summed E-state index contributed by atoms with van der Waals surface area (Å²) in [6, 6.07) is 8.57.